The van der Waals surface area contributed by atoms with Gasteiger partial charge in [-0.1, -0.05) is 26.7 Å². The maximum Gasteiger partial charge on any atom is 0.490 e. The van der Waals surface area contributed by atoms with E-state index < -0.39 is 18.1 Å². The van der Waals surface area contributed by atoms with Gasteiger partial charge >= 0.3 is 6.30 Å². The Balaban J connectivity index is 2.06. The van der Waals surface area contributed by atoms with Crippen LogP contribution in [-0.2, 0) is 4.74 Å². The molecule has 0 spiro atoms. The molecule has 2 rings (SSSR count). The molecule has 5 nitrogen and oxygen atoms in total. The van der Waals surface area contributed by atoms with E-state index in [1.54, 1.807) is 6.92 Å². The van der Waals surface area contributed by atoms with Crippen LogP contribution in [0, 0.1) is 5.92 Å². The van der Waals surface area contributed by atoms with Gasteiger partial charge in [0, 0.05) is 23.9 Å². The highest BCUT2D eigenvalue weighted by Gasteiger charge is 2.46. The molecule has 1 fully saturated rings. The third kappa shape index (κ3) is 5.88. The summed E-state index contributed by atoms with van der Waals surface area (Å²) in [4.78, 5) is 4.21. The van der Waals surface area contributed by atoms with E-state index in [4.69, 9.17) is 10.5 Å². The lowest BCUT2D eigenvalue weighted by Crippen LogP contribution is -2.55. The molecular weight excluding hydrogens is 333 g/mol. The van der Waals surface area contributed by atoms with Gasteiger partial charge in [-0.15, -0.1) is 13.2 Å². The monoisotopic (exact) mass is 362 g/mol. The number of nitrogens with two attached hydrogens (primary N) is 1. The Hall–Kier alpha value is -1.28. The molecule has 1 saturated carbocycles. The van der Waals surface area contributed by atoms with Crippen LogP contribution >= 0.6 is 0 Å². The molecule has 2 atom stereocenters. The molecule has 3 N–H and O–H groups in total. The first-order valence-electron chi connectivity index (χ1n) is 8.86. The van der Waals surface area contributed by atoms with E-state index >= 15 is 0 Å². The second kappa shape index (κ2) is 7.95. The van der Waals surface area contributed by atoms with Crippen molar-refractivity contribution in [3.05, 3.63) is 12.0 Å². The normalized spacial score (nSPS) is 24.6. The fourth-order valence-corrected chi connectivity index (χ4v) is 3.49. The smallest absolute Gasteiger partial charge is 0.477 e. The molecule has 1 aliphatic heterocycles. The standard InChI is InChI=1S/C17H29F3N4O/c1-12(2)10-16(3,21)11-25-14-8-9-22-15(24(14)17(18,19)20)23-13-6-4-5-7-13/h8-9,12-13,15,23H,4-7,10-11,21H2,1-3H3. The minimum atomic E-state index is -4.59. The summed E-state index contributed by atoms with van der Waals surface area (Å²) in [6, 6.07) is 0.0482. The molecule has 144 valence electrons. The van der Waals surface area contributed by atoms with Crippen molar-refractivity contribution in [1.82, 2.24) is 10.2 Å². The zero-order valence-corrected chi connectivity index (χ0v) is 15.1. The Kier molecular flexibility index (Phi) is 6.37. The minimum absolute atomic E-state index is 0.00752. The molecule has 0 aromatic carbocycles. The van der Waals surface area contributed by atoms with Gasteiger partial charge in [0.15, 0.2) is 6.29 Å². The number of hydrogen-bond acceptors (Lipinski definition) is 5. The predicted molar refractivity (Wildman–Crippen MR) is 91.6 cm³/mol. The third-order valence-corrected chi connectivity index (χ3v) is 4.36. The second-order valence-electron chi connectivity index (χ2n) is 7.70. The van der Waals surface area contributed by atoms with Crippen LogP contribution in [0.1, 0.15) is 52.9 Å². The van der Waals surface area contributed by atoms with Crippen molar-refractivity contribution in [3.8, 4) is 0 Å². The number of ether oxygens (including phenoxy) is 1. The van der Waals surface area contributed by atoms with Crippen molar-refractivity contribution in [2.75, 3.05) is 6.61 Å². The number of rotatable bonds is 7. The van der Waals surface area contributed by atoms with E-state index in [1.165, 1.54) is 12.3 Å². The van der Waals surface area contributed by atoms with Gasteiger partial charge in [0.05, 0.1) is 0 Å². The van der Waals surface area contributed by atoms with Gasteiger partial charge in [-0.3, -0.25) is 10.3 Å². The summed E-state index contributed by atoms with van der Waals surface area (Å²) in [7, 11) is 0. The molecule has 0 saturated heterocycles. The van der Waals surface area contributed by atoms with Crippen LogP contribution in [0.25, 0.3) is 0 Å². The Morgan fingerprint density at radius 1 is 1.36 bits per heavy atom. The lowest BCUT2D eigenvalue weighted by Gasteiger charge is -2.38. The average molecular weight is 362 g/mol. The van der Waals surface area contributed by atoms with Gasteiger partial charge in [0.2, 0.25) is 5.88 Å². The van der Waals surface area contributed by atoms with E-state index in [9.17, 15) is 13.2 Å². The van der Waals surface area contributed by atoms with Gasteiger partial charge in [-0.05, 0) is 32.1 Å². The van der Waals surface area contributed by atoms with E-state index in [2.05, 4.69) is 10.3 Å². The minimum Gasteiger partial charge on any atom is -0.477 e. The summed E-state index contributed by atoms with van der Waals surface area (Å²) in [5, 5.41) is 2.99. The molecule has 0 bridgehead atoms. The number of nitrogens with one attached hydrogen (secondary N) is 1. The first-order valence-corrected chi connectivity index (χ1v) is 8.86. The summed E-state index contributed by atoms with van der Waals surface area (Å²) in [6.45, 7) is 5.83. The van der Waals surface area contributed by atoms with Crippen molar-refractivity contribution >= 4 is 6.21 Å². The zero-order chi connectivity index (χ0) is 18.7. The molecule has 0 amide bonds. The lowest BCUT2D eigenvalue weighted by molar-refractivity contribution is -0.262. The van der Waals surface area contributed by atoms with Crippen molar-refractivity contribution in [1.29, 1.82) is 0 Å². The summed E-state index contributed by atoms with van der Waals surface area (Å²) < 4.78 is 46.3. The molecular formula is C17H29F3N4O. The van der Waals surface area contributed by atoms with Crippen molar-refractivity contribution in [3.63, 3.8) is 0 Å². The molecule has 2 aliphatic rings. The van der Waals surface area contributed by atoms with Crippen LogP contribution in [0.15, 0.2) is 17.0 Å². The van der Waals surface area contributed by atoms with Crippen LogP contribution in [0.5, 0.6) is 0 Å². The predicted octanol–water partition coefficient (Wildman–Crippen LogP) is 3.33. The third-order valence-electron chi connectivity index (χ3n) is 4.36. The fraction of sp³-hybridized carbons (Fsp3) is 0.824. The highest BCUT2D eigenvalue weighted by Crippen LogP contribution is 2.32. The van der Waals surface area contributed by atoms with Gasteiger partial charge in [0.1, 0.15) is 6.61 Å². The second-order valence-corrected chi connectivity index (χ2v) is 7.70. The first-order chi connectivity index (χ1) is 11.6. The maximum atomic E-state index is 13.6. The molecule has 1 aliphatic carbocycles. The molecule has 0 aromatic heterocycles. The highest BCUT2D eigenvalue weighted by atomic mass is 19.4. The first kappa shape index (κ1) is 20.0. The summed E-state index contributed by atoms with van der Waals surface area (Å²) in [6.07, 6.45) is 1.26. The zero-order valence-electron chi connectivity index (χ0n) is 15.1. The quantitative estimate of drug-likeness (QED) is 0.682. The highest BCUT2D eigenvalue weighted by molar-refractivity contribution is 5.72. The SMILES string of the molecule is CC(C)CC(C)(N)COC1=CC=NC(NC2CCCC2)N1C(F)(F)F. The Morgan fingerprint density at radius 2 is 2.00 bits per heavy atom. The number of alkyl halides is 3. The Morgan fingerprint density at radius 3 is 2.56 bits per heavy atom. The van der Waals surface area contributed by atoms with Crippen molar-refractivity contribution in [2.45, 2.75) is 77.0 Å². The molecule has 0 aromatic rings. The summed E-state index contributed by atoms with van der Waals surface area (Å²) in [5.74, 6) is 0.0643. The van der Waals surface area contributed by atoms with Gasteiger partial charge in [-0.25, -0.2) is 4.90 Å². The molecule has 2 unspecified atom stereocenters. The lowest BCUT2D eigenvalue weighted by atomic mass is 9.93. The molecule has 8 heteroatoms. The maximum absolute atomic E-state index is 13.6. The van der Waals surface area contributed by atoms with Gasteiger partial charge in [-0.2, -0.15) is 0 Å². The van der Waals surface area contributed by atoms with E-state index in [-0.39, 0.29) is 23.4 Å². The van der Waals surface area contributed by atoms with E-state index in [0.717, 1.165) is 25.7 Å². The fourth-order valence-electron chi connectivity index (χ4n) is 3.49. The molecule has 25 heavy (non-hydrogen) atoms. The average Bonchev–Trinajstić information content (AvgIpc) is 2.95. The van der Waals surface area contributed by atoms with Crippen LogP contribution < -0.4 is 11.1 Å². The van der Waals surface area contributed by atoms with Crippen molar-refractivity contribution < 1.29 is 17.9 Å². The van der Waals surface area contributed by atoms with E-state index in [1.807, 2.05) is 13.8 Å². The topological polar surface area (TPSA) is 62.9 Å². The number of hydrogen-bond donors (Lipinski definition) is 2. The van der Waals surface area contributed by atoms with Crippen LogP contribution in [0.2, 0.25) is 0 Å². The summed E-state index contributed by atoms with van der Waals surface area (Å²) >= 11 is 0. The Bertz CT molecular complexity index is 497. The van der Waals surface area contributed by atoms with E-state index in [0.29, 0.717) is 12.3 Å². The van der Waals surface area contributed by atoms with Crippen LogP contribution in [-0.4, -0.2) is 41.9 Å². The largest absolute Gasteiger partial charge is 0.490 e. The van der Waals surface area contributed by atoms with Crippen molar-refractivity contribution in [2.24, 2.45) is 16.6 Å². The molecule has 1 heterocycles. The van der Waals surface area contributed by atoms with Crippen LogP contribution in [0.3, 0.4) is 0 Å². The number of allylic oxidation sites excluding steroid dienone is 1. The van der Waals surface area contributed by atoms with Gasteiger partial charge < -0.3 is 10.5 Å². The molecule has 0 radical (unpaired) electrons. The number of aliphatic imine (C=N–C) groups is 1. The Labute approximate surface area is 147 Å². The number of nitrogens with zero attached hydrogens (tertiary/aromatic N) is 2. The van der Waals surface area contributed by atoms with Gasteiger partial charge in [0.25, 0.3) is 0 Å². The summed E-state index contributed by atoms with van der Waals surface area (Å²) in [5.41, 5.74) is 5.46. The van der Waals surface area contributed by atoms with Crippen LogP contribution in [0.4, 0.5) is 13.2 Å². The number of halogens is 3.